The molecule has 2 aliphatic rings. The lowest BCUT2D eigenvalue weighted by Gasteiger charge is -2.17. The van der Waals surface area contributed by atoms with Gasteiger partial charge in [0.2, 0.25) is 0 Å². The van der Waals surface area contributed by atoms with Crippen LogP contribution in [0, 0.1) is 0 Å². The molecule has 0 radical (unpaired) electrons. The Labute approximate surface area is 122 Å². The standard InChI is InChI=1S/C16H18N2OS/c19-16(14-3-1-8-18(14)13-5-6-13)17-9-7-12(11-17)15-4-2-10-20-15/h1-4,8,10,12-13H,5-7,9,11H2. The molecule has 3 nitrogen and oxygen atoms in total. The zero-order valence-electron chi connectivity index (χ0n) is 11.4. The number of carbonyl (C=O) groups excluding carboxylic acids is 1. The van der Waals surface area contributed by atoms with Crippen LogP contribution in [0.15, 0.2) is 35.8 Å². The summed E-state index contributed by atoms with van der Waals surface area (Å²) < 4.78 is 2.17. The highest BCUT2D eigenvalue weighted by Gasteiger charge is 2.32. The molecular weight excluding hydrogens is 268 g/mol. The molecule has 1 aliphatic carbocycles. The van der Waals surface area contributed by atoms with Gasteiger partial charge >= 0.3 is 0 Å². The summed E-state index contributed by atoms with van der Waals surface area (Å²) in [6.07, 6.45) is 5.58. The van der Waals surface area contributed by atoms with Gasteiger partial charge < -0.3 is 9.47 Å². The van der Waals surface area contributed by atoms with E-state index in [9.17, 15) is 4.79 Å². The van der Waals surface area contributed by atoms with Crippen LogP contribution in [-0.4, -0.2) is 28.5 Å². The molecule has 0 N–H and O–H groups in total. The first-order valence-corrected chi connectivity index (χ1v) is 8.20. The van der Waals surface area contributed by atoms with Gasteiger partial charge in [0.15, 0.2) is 0 Å². The lowest BCUT2D eigenvalue weighted by molar-refractivity contribution is 0.0780. The predicted molar refractivity (Wildman–Crippen MR) is 80.3 cm³/mol. The fourth-order valence-electron chi connectivity index (χ4n) is 3.11. The molecule has 2 fully saturated rings. The number of likely N-dealkylation sites (tertiary alicyclic amines) is 1. The third kappa shape index (κ3) is 2.08. The predicted octanol–water partition coefficient (Wildman–Crippen LogP) is 3.51. The zero-order chi connectivity index (χ0) is 13.5. The summed E-state index contributed by atoms with van der Waals surface area (Å²) in [6, 6.07) is 8.83. The first kappa shape index (κ1) is 12.2. The maximum absolute atomic E-state index is 12.7. The van der Waals surface area contributed by atoms with Crippen molar-refractivity contribution in [1.82, 2.24) is 9.47 Å². The molecule has 20 heavy (non-hydrogen) atoms. The fraction of sp³-hybridized carbons (Fsp3) is 0.438. The third-order valence-corrected chi connectivity index (χ3v) is 5.39. The highest BCUT2D eigenvalue weighted by molar-refractivity contribution is 7.10. The Kier molecular flexibility index (Phi) is 2.91. The average molecular weight is 286 g/mol. The molecule has 4 rings (SSSR count). The van der Waals surface area contributed by atoms with Gasteiger partial charge in [-0.1, -0.05) is 6.07 Å². The maximum Gasteiger partial charge on any atom is 0.270 e. The summed E-state index contributed by atoms with van der Waals surface area (Å²) in [4.78, 5) is 16.1. The van der Waals surface area contributed by atoms with E-state index in [2.05, 4.69) is 28.3 Å². The van der Waals surface area contributed by atoms with Crippen molar-refractivity contribution in [2.75, 3.05) is 13.1 Å². The van der Waals surface area contributed by atoms with E-state index in [1.165, 1.54) is 17.7 Å². The topological polar surface area (TPSA) is 25.2 Å². The van der Waals surface area contributed by atoms with Crippen molar-refractivity contribution < 1.29 is 4.79 Å². The number of rotatable bonds is 3. The van der Waals surface area contributed by atoms with Gasteiger partial charge in [0, 0.05) is 36.1 Å². The lowest BCUT2D eigenvalue weighted by atomic mass is 10.1. The Bertz CT molecular complexity index is 612. The SMILES string of the molecule is O=C(c1cccn1C1CC1)N1CCC(c2cccs2)C1. The molecule has 0 bridgehead atoms. The van der Waals surface area contributed by atoms with Crippen LogP contribution in [0.4, 0.5) is 0 Å². The van der Waals surface area contributed by atoms with Crippen molar-refractivity contribution in [1.29, 1.82) is 0 Å². The van der Waals surface area contributed by atoms with Crippen LogP contribution < -0.4 is 0 Å². The molecule has 1 atom stereocenters. The Hall–Kier alpha value is -1.55. The van der Waals surface area contributed by atoms with Crippen molar-refractivity contribution >= 4 is 17.2 Å². The van der Waals surface area contributed by atoms with E-state index < -0.39 is 0 Å². The van der Waals surface area contributed by atoms with Crippen LogP contribution in [0.25, 0.3) is 0 Å². The molecule has 1 saturated heterocycles. The molecular formula is C16H18N2OS. The van der Waals surface area contributed by atoms with E-state index in [-0.39, 0.29) is 5.91 Å². The molecule has 3 heterocycles. The Balaban J connectivity index is 1.51. The van der Waals surface area contributed by atoms with Crippen LogP contribution >= 0.6 is 11.3 Å². The summed E-state index contributed by atoms with van der Waals surface area (Å²) in [7, 11) is 0. The minimum absolute atomic E-state index is 0.209. The maximum atomic E-state index is 12.7. The largest absolute Gasteiger partial charge is 0.340 e. The summed E-state index contributed by atoms with van der Waals surface area (Å²) in [5, 5.41) is 2.12. The quantitative estimate of drug-likeness (QED) is 0.847. The van der Waals surface area contributed by atoms with Gasteiger partial charge in [0.1, 0.15) is 5.69 Å². The second-order valence-electron chi connectivity index (χ2n) is 5.78. The van der Waals surface area contributed by atoms with Crippen LogP contribution in [0.1, 0.15) is 46.6 Å². The van der Waals surface area contributed by atoms with Crippen LogP contribution in [0.2, 0.25) is 0 Å². The summed E-state index contributed by atoms with van der Waals surface area (Å²) in [5.41, 5.74) is 0.874. The van der Waals surface area contributed by atoms with Crippen LogP contribution in [0.3, 0.4) is 0 Å². The summed E-state index contributed by atoms with van der Waals surface area (Å²) in [6.45, 7) is 1.76. The Morgan fingerprint density at radius 1 is 1.20 bits per heavy atom. The second kappa shape index (κ2) is 4.77. The molecule has 0 spiro atoms. The van der Waals surface area contributed by atoms with E-state index in [0.29, 0.717) is 12.0 Å². The first-order valence-electron chi connectivity index (χ1n) is 7.32. The molecule has 104 valence electrons. The normalized spacial score (nSPS) is 22.4. The number of hydrogen-bond acceptors (Lipinski definition) is 2. The third-order valence-electron chi connectivity index (χ3n) is 4.36. The molecule has 4 heteroatoms. The van der Waals surface area contributed by atoms with Crippen molar-refractivity contribution in [2.24, 2.45) is 0 Å². The Morgan fingerprint density at radius 3 is 2.85 bits per heavy atom. The molecule has 1 saturated carbocycles. The van der Waals surface area contributed by atoms with Gasteiger partial charge in [-0.3, -0.25) is 4.79 Å². The fourth-order valence-corrected chi connectivity index (χ4v) is 3.96. The van der Waals surface area contributed by atoms with Crippen molar-refractivity contribution in [3.8, 4) is 0 Å². The molecule has 1 unspecified atom stereocenters. The smallest absolute Gasteiger partial charge is 0.270 e. The van der Waals surface area contributed by atoms with Gasteiger partial charge in [0.05, 0.1) is 0 Å². The number of aromatic nitrogens is 1. The molecule has 1 amide bonds. The zero-order valence-corrected chi connectivity index (χ0v) is 12.2. The van der Waals surface area contributed by atoms with E-state index >= 15 is 0 Å². The second-order valence-corrected chi connectivity index (χ2v) is 6.76. The van der Waals surface area contributed by atoms with Gasteiger partial charge in [-0.15, -0.1) is 11.3 Å². The Morgan fingerprint density at radius 2 is 2.10 bits per heavy atom. The number of thiophene rings is 1. The van der Waals surface area contributed by atoms with Gasteiger partial charge in [0.25, 0.3) is 5.91 Å². The van der Waals surface area contributed by atoms with Crippen molar-refractivity contribution in [3.05, 3.63) is 46.4 Å². The number of carbonyl (C=O) groups is 1. The van der Waals surface area contributed by atoms with Gasteiger partial charge in [-0.05, 0) is 42.8 Å². The number of nitrogens with zero attached hydrogens (tertiary/aromatic N) is 2. The van der Waals surface area contributed by atoms with E-state index in [0.717, 1.165) is 25.2 Å². The van der Waals surface area contributed by atoms with Gasteiger partial charge in [-0.25, -0.2) is 0 Å². The lowest BCUT2D eigenvalue weighted by Crippen LogP contribution is -2.30. The van der Waals surface area contributed by atoms with E-state index in [1.807, 2.05) is 17.0 Å². The summed E-state index contributed by atoms with van der Waals surface area (Å²) >= 11 is 1.81. The summed E-state index contributed by atoms with van der Waals surface area (Å²) in [5.74, 6) is 0.740. The number of amides is 1. The monoisotopic (exact) mass is 286 g/mol. The van der Waals surface area contributed by atoms with E-state index in [4.69, 9.17) is 0 Å². The van der Waals surface area contributed by atoms with Crippen molar-refractivity contribution in [2.45, 2.75) is 31.2 Å². The van der Waals surface area contributed by atoms with Crippen LogP contribution in [0.5, 0.6) is 0 Å². The average Bonchev–Trinajstić information content (AvgIpc) is 2.97. The first-order chi connectivity index (χ1) is 9.83. The molecule has 2 aromatic rings. The van der Waals surface area contributed by atoms with Crippen molar-refractivity contribution in [3.63, 3.8) is 0 Å². The molecule has 2 aromatic heterocycles. The van der Waals surface area contributed by atoms with Crippen LogP contribution in [-0.2, 0) is 0 Å². The van der Waals surface area contributed by atoms with Gasteiger partial charge in [-0.2, -0.15) is 0 Å². The highest BCUT2D eigenvalue weighted by Crippen LogP contribution is 2.37. The van der Waals surface area contributed by atoms with E-state index in [1.54, 1.807) is 11.3 Å². The molecule has 0 aromatic carbocycles. The highest BCUT2D eigenvalue weighted by atomic mass is 32.1. The number of hydrogen-bond donors (Lipinski definition) is 0. The minimum atomic E-state index is 0.209. The minimum Gasteiger partial charge on any atom is -0.340 e. The molecule has 1 aliphatic heterocycles.